The number of nitrogens with one attached hydrogen (secondary N) is 1. The highest BCUT2D eigenvalue weighted by Gasteiger charge is 2.10. The van der Waals surface area contributed by atoms with E-state index in [0.717, 1.165) is 6.42 Å². The maximum atomic E-state index is 11.1. The Morgan fingerprint density at radius 3 is 2.61 bits per heavy atom. The van der Waals surface area contributed by atoms with Gasteiger partial charge in [0.2, 0.25) is 5.78 Å². The van der Waals surface area contributed by atoms with Crippen molar-refractivity contribution in [3.8, 4) is 0 Å². The molecule has 1 N–H and O–H groups in total. The molecule has 2 rings (SSSR count). The molecule has 3 nitrogen and oxygen atoms in total. The van der Waals surface area contributed by atoms with Gasteiger partial charge in [0.05, 0.1) is 0 Å². The molecule has 1 aliphatic rings. The molecular formula is C15H19NO2. The van der Waals surface area contributed by atoms with Crippen LogP contribution < -0.4 is 5.32 Å². The van der Waals surface area contributed by atoms with E-state index in [1.165, 1.54) is 49.3 Å². The second kappa shape index (κ2) is 5.80. The summed E-state index contributed by atoms with van der Waals surface area (Å²) in [4.78, 5) is 21.9. The van der Waals surface area contributed by atoms with E-state index in [4.69, 9.17) is 0 Å². The lowest BCUT2D eigenvalue weighted by atomic mass is 9.90. The van der Waals surface area contributed by atoms with Gasteiger partial charge in [0, 0.05) is 13.5 Å². The Bertz CT molecular complexity index is 466. The second-order valence-electron chi connectivity index (χ2n) is 4.87. The molecule has 0 saturated heterocycles. The van der Waals surface area contributed by atoms with Gasteiger partial charge in [0.1, 0.15) is 0 Å². The van der Waals surface area contributed by atoms with E-state index in [-0.39, 0.29) is 0 Å². The monoisotopic (exact) mass is 245 g/mol. The summed E-state index contributed by atoms with van der Waals surface area (Å²) in [6, 6.07) is 6.58. The van der Waals surface area contributed by atoms with Crippen LogP contribution in [0.4, 0.5) is 0 Å². The van der Waals surface area contributed by atoms with E-state index in [9.17, 15) is 9.59 Å². The highest BCUT2D eigenvalue weighted by atomic mass is 16.2. The summed E-state index contributed by atoms with van der Waals surface area (Å²) in [5.41, 5.74) is 4.16. The molecule has 96 valence electrons. The van der Waals surface area contributed by atoms with Crippen molar-refractivity contribution < 1.29 is 9.59 Å². The van der Waals surface area contributed by atoms with Crippen LogP contribution >= 0.6 is 0 Å². The van der Waals surface area contributed by atoms with Crippen molar-refractivity contribution in [2.24, 2.45) is 0 Å². The molecule has 18 heavy (non-hydrogen) atoms. The number of benzene rings is 1. The van der Waals surface area contributed by atoms with Gasteiger partial charge >= 0.3 is 0 Å². The Hall–Kier alpha value is -1.64. The number of carbonyl (C=O) groups excluding carboxylic acids is 2. The van der Waals surface area contributed by atoms with Crippen LogP contribution in [0.1, 0.15) is 36.5 Å². The number of aryl methyl sites for hydroxylation is 2. The van der Waals surface area contributed by atoms with Gasteiger partial charge in [0.15, 0.2) is 0 Å². The van der Waals surface area contributed by atoms with E-state index < -0.39 is 11.7 Å². The SMILES string of the molecule is CC(=O)C(=O)NCCc1ccc2c(c1)CCCC2. The fourth-order valence-corrected chi connectivity index (χ4v) is 2.39. The van der Waals surface area contributed by atoms with Crippen molar-refractivity contribution in [1.29, 1.82) is 0 Å². The van der Waals surface area contributed by atoms with Crippen molar-refractivity contribution in [2.45, 2.75) is 39.0 Å². The van der Waals surface area contributed by atoms with E-state index in [1.807, 2.05) is 0 Å². The predicted octanol–water partition coefficient (Wildman–Crippen LogP) is 1.81. The van der Waals surface area contributed by atoms with Crippen LogP contribution in [0.3, 0.4) is 0 Å². The first kappa shape index (κ1) is 12.8. The highest BCUT2D eigenvalue weighted by Crippen LogP contribution is 2.22. The third kappa shape index (κ3) is 3.19. The number of hydrogen-bond donors (Lipinski definition) is 1. The standard InChI is InChI=1S/C15H19NO2/c1-11(17)15(18)16-9-8-12-6-7-13-4-2-3-5-14(13)10-12/h6-7,10H,2-5,8-9H2,1H3,(H,16,18). The largest absolute Gasteiger partial charge is 0.349 e. The minimum atomic E-state index is -0.493. The normalized spacial score (nSPS) is 13.8. The molecule has 0 unspecified atom stereocenters. The zero-order chi connectivity index (χ0) is 13.0. The Morgan fingerprint density at radius 1 is 1.17 bits per heavy atom. The first-order valence-electron chi connectivity index (χ1n) is 6.56. The van der Waals surface area contributed by atoms with Crippen molar-refractivity contribution in [2.75, 3.05) is 6.54 Å². The van der Waals surface area contributed by atoms with E-state index in [2.05, 4.69) is 23.5 Å². The quantitative estimate of drug-likeness (QED) is 0.822. The molecule has 0 heterocycles. The first-order valence-corrected chi connectivity index (χ1v) is 6.56. The fraction of sp³-hybridized carbons (Fsp3) is 0.467. The van der Waals surface area contributed by atoms with Crippen molar-refractivity contribution in [1.82, 2.24) is 5.32 Å². The molecule has 1 amide bonds. The molecule has 0 aliphatic heterocycles. The molecule has 0 bridgehead atoms. The van der Waals surface area contributed by atoms with Crippen LogP contribution in [0.15, 0.2) is 18.2 Å². The van der Waals surface area contributed by atoms with E-state index in [0.29, 0.717) is 6.54 Å². The average molecular weight is 245 g/mol. The van der Waals surface area contributed by atoms with Gasteiger partial charge in [-0.15, -0.1) is 0 Å². The maximum Gasteiger partial charge on any atom is 0.287 e. The number of Topliss-reactive ketones (excluding diaryl/α,β-unsaturated/α-hetero) is 1. The fourth-order valence-electron chi connectivity index (χ4n) is 2.39. The van der Waals surface area contributed by atoms with Crippen molar-refractivity contribution >= 4 is 11.7 Å². The molecule has 0 fully saturated rings. The maximum absolute atomic E-state index is 11.1. The molecule has 0 radical (unpaired) electrons. The molecule has 0 spiro atoms. The topological polar surface area (TPSA) is 46.2 Å². The summed E-state index contributed by atoms with van der Waals surface area (Å²) >= 11 is 0. The number of hydrogen-bond acceptors (Lipinski definition) is 2. The molecule has 1 aliphatic carbocycles. The number of carbonyl (C=O) groups is 2. The summed E-state index contributed by atoms with van der Waals surface area (Å²) in [6.45, 7) is 1.81. The minimum Gasteiger partial charge on any atom is -0.349 e. The van der Waals surface area contributed by atoms with Gasteiger partial charge in [-0.1, -0.05) is 18.2 Å². The molecule has 0 aromatic heterocycles. The summed E-state index contributed by atoms with van der Waals surface area (Å²) in [5.74, 6) is -0.923. The van der Waals surface area contributed by atoms with Crippen molar-refractivity contribution in [3.63, 3.8) is 0 Å². The zero-order valence-electron chi connectivity index (χ0n) is 10.8. The average Bonchev–Trinajstić information content (AvgIpc) is 2.38. The molecule has 1 aromatic carbocycles. The number of fused-ring (bicyclic) bond motifs is 1. The lowest BCUT2D eigenvalue weighted by molar-refractivity contribution is -0.136. The molecule has 0 saturated carbocycles. The van der Waals surface area contributed by atoms with Crippen LogP contribution in [0.5, 0.6) is 0 Å². The van der Waals surface area contributed by atoms with Crippen molar-refractivity contribution in [3.05, 3.63) is 34.9 Å². The third-order valence-electron chi connectivity index (χ3n) is 3.43. The Labute approximate surface area is 108 Å². The van der Waals surface area contributed by atoms with Crippen LogP contribution in [0, 0.1) is 0 Å². The van der Waals surface area contributed by atoms with Crippen LogP contribution in [0.2, 0.25) is 0 Å². The number of ketones is 1. The summed E-state index contributed by atoms with van der Waals surface area (Å²) in [5, 5.41) is 2.62. The number of amides is 1. The summed E-state index contributed by atoms with van der Waals surface area (Å²) in [6.07, 6.45) is 5.71. The first-order chi connectivity index (χ1) is 8.66. The molecule has 0 atom stereocenters. The lowest BCUT2D eigenvalue weighted by Gasteiger charge is -2.16. The van der Waals surface area contributed by atoms with Gasteiger partial charge < -0.3 is 5.32 Å². The van der Waals surface area contributed by atoms with E-state index in [1.54, 1.807) is 0 Å². The zero-order valence-corrected chi connectivity index (χ0v) is 10.8. The van der Waals surface area contributed by atoms with Gasteiger partial charge in [-0.2, -0.15) is 0 Å². The van der Waals surface area contributed by atoms with Gasteiger partial charge in [-0.3, -0.25) is 9.59 Å². The third-order valence-corrected chi connectivity index (χ3v) is 3.43. The summed E-state index contributed by atoms with van der Waals surface area (Å²) < 4.78 is 0. The Morgan fingerprint density at radius 2 is 1.89 bits per heavy atom. The Balaban J connectivity index is 1.90. The van der Waals surface area contributed by atoms with Crippen LogP contribution in [0.25, 0.3) is 0 Å². The van der Waals surface area contributed by atoms with Gasteiger partial charge in [-0.25, -0.2) is 0 Å². The van der Waals surface area contributed by atoms with Crippen LogP contribution in [-0.2, 0) is 28.9 Å². The minimum absolute atomic E-state index is 0.430. The molecule has 1 aromatic rings. The smallest absolute Gasteiger partial charge is 0.287 e. The molecule has 3 heteroatoms. The second-order valence-corrected chi connectivity index (χ2v) is 4.87. The van der Waals surface area contributed by atoms with Crippen LogP contribution in [-0.4, -0.2) is 18.2 Å². The Kier molecular flexibility index (Phi) is 4.13. The van der Waals surface area contributed by atoms with E-state index >= 15 is 0 Å². The molecular weight excluding hydrogens is 226 g/mol. The van der Waals surface area contributed by atoms with Gasteiger partial charge in [0.25, 0.3) is 5.91 Å². The van der Waals surface area contributed by atoms with Gasteiger partial charge in [-0.05, 0) is 48.8 Å². The highest BCUT2D eigenvalue weighted by molar-refractivity contribution is 6.35. The summed E-state index contributed by atoms with van der Waals surface area (Å²) in [7, 11) is 0. The predicted molar refractivity (Wildman–Crippen MR) is 70.5 cm³/mol. The number of rotatable bonds is 4. The lowest BCUT2D eigenvalue weighted by Crippen LogP contribution is -2.30.